The lowest BCUT2D eigenvalue weighted by Crippen LogP contribution is -2.10. The van der Waals surface area contributed by atoms with Crippen molar-refractivity contribution in [1.82, 2.24) is 0 Å². The third-order valence-electron chi connectivity index (χ3n) is 4.45. The molecule has 1 aliphatic heterocycles. The van der Waals surface area contributed by atoms with E-state index in [1.807, 2.05) is 11.8 Å². The molecule has 0 nitrogen and oxygen atoms in total. The van der Waals surface area contributed by atoms with E-state index in [1.165, 1.54) is 40.0 Å². The zero-order valence-electron chi connectivity index (χ0n) is 11.7. The summed E-state index contributed by atoms with van der Waals surface area (Å²) in [5, 5.41) is 0.584. The second-order valence-electron chi connectivity index (χ2n) is 5.83. The summed E-state index contributed by atoms with van der Waals surface area (Å²) >= 11 is 2.02. The molecule has 0 saturated heterocycles. The van der Waals surface area contributed by atoms with E-state index in [2.05, 4.69) is 61.6 Å². The van der Waals surface area contributed by atoms with Crippen LogP contribution in [0.15, 0.2) is 76.3 Å². The lowest BCUT2D eigenvalue weighted by molar-refractivity contribution is 0.859. The van der Waals surface area contributed by atoms with Gasteiger partial charge < -0.3 is 0 Å². The van der Waals surface area contributed by atoms with Crippen LogP contribution in [-0.2, 0) is 0 Å². The van der Waals surface area contributed by atoms with Crippen LogP contribution in [-0.4, -0.2) is 5.25 Å². The number of rotatable bonds is 1. The Morgan fingerprint density at radius 2 is 2.00 bits per heavy atom. The molecule has 100 valence electrons. The molecule has 3 aliphatic rings. The van der Waals surface area contributed by atoms with Crippen LogP contribution >= 0.6 is 11.8 Å². The molecule has 20 heavy (non-hydrogen) atoms. The Bertz CT molecular complexity index is 673. The molecular weight excluding hydrogens is 260 g/mol. The van der Waals surface area contributed by atoms with Gasteiger partial charge in [0.1, 0.15) is 0 Å². The summed E-state index contributed by atoms with van der Waals surface area (Å²) < 4.78 is 0. The molecule has 1 aromatic rings. The largest absolute Gasteiger partial charge is 0.117 e. The van der Waals surface area contributed by atoms with E-state index in [0.717, 1.165) is 0 Å². The zero-order chi connectivity index (χ0) is 13.5. The highest BCUT2D eigenvalue weighted by Crippen LogP contribution is 2.49. The van der Waals surface area contributed by atoms with E-state index >= 15 is 0 Å². The van der Waals surface area contributed by atoms with E-state index in [4.69, 9.17) is 0 Å². The zero-order valence-corrected chi connectivity index (χ0v) is 12.5. The van der Waals surface area contributed by atoms with Crippen LogP contribution in [0, 0.1) is 0 Å². The minimum Gasteiger partial charge on any atom is -0.117 e. The maximum atomic E-state index is 2.48. The van der Waals surface area contributed by atoms with Crippen molar-refractivity contribution >= 4 is 11.8 Å². The summed E-state index contributed by atoms with van der Waals surface area (Å²) in [6, 6.07) is 8.84. The van der Waals surface area contributed by atoms with Crippen molar-refractivity contribution in [3.63, 3.8) is 0 Å². The Labute approximate surface area is 125 Å². The molecule has 2 atom stereocenters. The predicted octanol–water partition coefficient (Wildman–Crippen LogP) is 5.41. The summed E-state index contributed by atoms with van der Waals surface area (Å²) in [5.41, 5.74) is 5.94. The van der Waals surface area contributed by atoms with Crippen molar-refractivity contribution in [2.45, 2.75) is 35.8 Å². The SMILES string of the molecule is CC1=CC=C(C2=CC3Sc4ccccc4C3C=C2)CC1. The summed E-state index contributed by atoms with van der Waals surface area (Å²) in [5.74, 6) is 0.571. The van der Waals surface area contributed by atoms with Crippen LogP contribution in [0.1, 0.15) is 31.2 Å². The van der Waals surface area contributed by atoms with Crippen LogP contribution in [0.4, 0.5) is 0 Å². The van der Waals surface area contributed by atoms with E-state index in [0.29, 0.717) is 11.2 Å². The molecule has 0 amide bonds. The van der Waals surface area contributed by atoms with Crippen molar-refractivity contribution in [1.29, 1.82) is 0 Å². The van der Waals surface area contributed by atoms with E-state index in [-0.39, 0.29) is 0 Å². The minimum absolute atomic E-state index is 0.571. The smallest absolute Gasteiger partial charge is 0.0387 e. The van der Waals surface area contributed by atoms with Crippen LogP contribution in [0.5, 0.6) is 0 Å². The molecule has 1 heterocycles. The van der Waals surface area contributed by atoms with Gasteiger partial charge in [-0.05, 0) is 42.5 Å². The molecule has 0 radical (unpaired) electrons. The van der Waals surface area contributed by atoms with Gasteiger partial charge in [0, 0.05) is 16.1 Å². The van der Waals surface area contributed by atoms with Gasteiger partial charge in [-0.2, -0.15) is 0 Å². The second kappa shape index (κ2) is 4.82. The normalized spacial score (nSPS) is 27.4. The highest BCUT2D eigenvalue weighted by atomic mass is 32.2. The predicted molar refractivity (Wildman–Crippen MR) is 87.1 cm³/mol. The number of hydrogen-bond acceptors (Lipinski definition) is 1. The molecule has 0 bridgehead atoms. The van der Waals surface area contributed by atoms with Crippen LogP contribution in [0.2, 0.25) is 0 Å². The molecule has 0 fully saturated rings. The van der Waals surface area contributed by atoms with Crippen LogP contribution in [0.3, 0.4) is 0 Å². The van der Waals surface area contributed by atoms with Crippen molar-refractivity contribution in [2.75, 3.05) is 0 Å². The van der Waals surface area contributed by atoms with E-state index < -0.39 is 0 Å². The first-order valence-corrected chi connectivity index (χ1v) is 8.21. The van der Waals surface area contributed by atoms with Gasteiger partial charge in [0.15, 0.2) is 0 Å². The molecule has 0 saturated carbocycles. The highest BCUT2D eigenvalue weighted by molar-refractivity contribution is 8.00. The average molecular weight is 278 g/mol. The Kier molecular flexibility index (Phi) is 2.96. The van der Waals surface area contributed by atoms with Crippen molar-refractivity contribution in [3.05, 3.63) is 76.9 Å². The van der Waals surface area contributed by atoms with Gasteiger partial charge in [0.2, 0.25) is 0 Å². The molecule has 2 aliphatic carbocycles. The van der Waals surface area contributed by atoms with Gasteiger partial charge in [-0.1, -0.05) is 54.2 Å². The molecule has 2 unspecified atom stereocenters. The standard InChI is InChI=1S/C19H18S/c1-13-6-8-14(9-7-13)15-10-11-17-16-4-2-3-5-18(16)20-19(17)12-15/h2-6,8,10-12,17,19H,7,9H2,1H3. The monoisotopic (exact) mass is 278 g/mol. The first-order chi connectivity index (χ1) is 9.81. The third kappa shape index (κ3) is 2.01. The lowest BCUT2D eigenvalue weighted by Gasteiger charge is -2.21. The molecule has 0 N–H and O–H groups in total. The maximum absolute atomic E-state index is 2.48. The fourth-order valence-corrected chi connectivity index (χ4v) is 4.64. The Morgan fingerprint density at radius 1 is 1.10 bits per heavy atom. The third-order valence-corrected chi connectivity index (χ3v) is 5.78. The number of thioether (sulfide) groups is 1. The van der Waals surface area contributed by atoms with Crippen LogP contribution in [0.25, 0.3) is 0 Å². The fraction of sp³-hybridized carbons (Fsp3) is 0.263. The van der Waals surface area contributed by atoms with Gasteiger partial charge in [-0.3, -0.25) is 0 Å². The summed E-state index contributed by atoms with van der Waals surface area (Å²) in [6.07, 6.45) is 14.2. The van der Waals surface area contributed by atoms with Gasteiger partial charge >= 0.3 is 0 Å². The van der Waals surface area contributed by atoms with Crippen molar-refractivity contribution < 1.29 is 0 Å². The molecule has 0 spiro atoms. The number of hydrogen-bond donors (Lipinski definition) is 0. The lowest BCUT2D eigenvalue weighted by atomic mass is 9.85. The molecule has 1 aromatic carbocycles. The molecule has 0 aromatic heterocycles. The van der Waals surface area contributed by atoms with E-state index in [9.17, 15) is 0 Å². The fourth-order valence-electron chi connectivity index (χ4n) is 3.25. The Morgan fingerprint density at radius 3 is 2.85 bits per heavy atom. The first kappa shape index (κ1) is 12.3. The second-order valence-corrected chi connectivity index (χ2v) is 7.05. The molecular formula is C19H18S. The maximum Gasteiger partial charge on any atom is 0.0387 e. The number of benzene rings is 1. The Balaban J connectivity index is 1.65. The van der Waals surface area contributed by atoms with Crippen molar-refractivity contribution in [3.8, 4) is 0 Å². The summed E-state index contributed by atoms with van der Waals surface area (Å²) in [6.45, 7) is 2.22. The molecule has 4 rings (SSSR count). The van der Waals surface area contributed by atoms with Crippen LogP contribution < -0.4 is 0 Å². The van der Waals surface area contributed by atoms with Crippen molar-refractivity contribution in [2.24, 2.45) is 0 Å². The summed E-state index contributed by atoms with van der Waals surface area (Å²) in [4.78, 5) is 1.46. The highest BCUT2D eigenvalue weighted by Gasteiger charge is 2.32. The average Bonchev–Trinajstić information content (AvgIpc) is 2.85. The Hall–Kier alpha value is -1.47. The number of allylic oxidation sites excluding steroid dienone is 7. The molecule has 1 heteroatoms. The topological polar surface area (TPSA) is 0 Å². The van der Waals surface area contributed by atoms with Gasteiger partial charge in [0.05, 0.1) is 0 Å². The summed E-state index contributed by atoms with van der Waals surface area (Å²) in [7, 11) is 0. The minimum atomic E-state index is 0.571. The number of fused-ring (bicyclic) bond motifs is 3. The van der Waals surface area contributed by atoms with E-state index in [1.54, 1.807) is 0 Å². The van der Waals surface area contributed by atoms with Gasteiger partial charge in [-0.25, -0.2) is 0 Å². The van der Waals surface area contributed by atoms with Gasteiger partial charge in [-0.15, -0.1) is 11.8 Å². The quantitative estimate of drug-likeness (QED) is 0.662. The van der Waals surface area contributed by atoms with Gasteiger partial charge in [0.25, 0.3) is 0 Å². The first-order valence-electron chi connectivity index (χ1n) is 7.33.